The summed E-state index contributed by atoms with van der Waals surface area (Å²) in [4.78, 5) is 29.0. The Kier molecular flexibility index (Phi) is 11.2. The van der Waals surface area contributed by atoms with Crippen LogP contribution in [0.5, 0.6) is 11.5 Å². The second-order valence-electron chi connectivity index (χ2n) is 9.30. The number of nitrogens with zero attached hydrogens (tertiary/aromatic N) is 1. The van der Waals surface area contributed by atoms with Crippen molar-refractivity contribution in [3.05, 3.63) is 94.0 Å². The van der Waals surface area contributed by atoms with Crippen LogP contribution in [-0.4, -0.2) is 42.5 Å². The summed E-state index contributed by atoms with van der Waals surface area (Å²) >= 11 is 3.55. The lowest BCUT2D eigenvalue weighted by Gasteiger charge is -2.32. The Hall–Kier alpha value is -3.32. The normalized spacial score (nSPS) is 12.3. The third-order valence-electron chi connectivity index (χ3n) is 6.51. The highest BCUT2D eigenvalue weighted by Crippen LogP contribution is 2.27. The monoisotopic (exact) mass is 580 g/mol. The molecule has 6 nitrogen and oxygen atoms in total. The second-order valence-corrected chi connectivity index (χ2v) is 10.2. The summed E-state index contributed by atoms with van der Waals surface area (Å²) in [6.07, 6.45) is 2.07. The number of benzene rings is 3. The average Bonchev–Trinajstić information content (AvgIpc) is 2.94. The fourth-order valence-electron chi connectivity index (χ4n) is 4.07. The highest BCUT2D eigenvalue weighted by molar-refractivity contribution is 9.10. The zero-order valence-electron chi connectivity index (χ0n) is 22.6. The van der Waals surface area contributed by atoms with E-state index in [1.54, 1.807) is 12.0 Å². The molecule has 3 rings (SSSR count). The minimum Gasteiger partial charge on any atom is -0.497 e. The predicted octanol–water partition coefficient (Wildman–Crippen LogP) is 5.95. The highest BCUT2D eigenvalue weighted by Gasteiger charge is 2.31. The van der Waals surface area contributed by atoms with Gasteiger partial charge < -0.3 is 19.7 Å². The Balaban J connectivity index is 1.93. The fourth-order valence-corrected chi connectivity index (χ4v) is 4.61. The van der Waals surface area contributed by atoms with Crippen LogP contribution >= 0.6 is 15.9 Å². The van der Waals surface area contributed by atoms with Crippen LogP contribution in [0.3, 0.4) is 0 Å². The molecule has 3 aromatic rings. The highest BCUT2D eigenvalue weighted by atomic mass is 79.9. The van der Waals surface area contributed by atoms with Crippen molar-refractivity contribution in [2.24, 2.45) is 0 Å². The van der Waals surface area contributed by atoms with Gasteiger partial charge in [-0.15, -0.1) is 0 Å². The van der Waals surface area contributed by atoms with E-state index < -0.39 is 6.04 Å². The first-order chi connectivity index (χ1) is 18.3. The van der Waals surface area contributed by atoms with E-state index in [4.69, 9.17) is 9.47 Å². The van der Waals surface area contributed by atoms with Gasteiger partial charge in [-0.05, 0) is 76.7 Å². The van der Waals surface area contributed by atoms with Crippen molar-refractivity contribution < 1.29 is 19.1 Å². The van der Waals surface area contributed by atoms with E-state index in [0.717, 1.165) is 28.4 Å². The molecule has 0 fully saturated rings. The van der Waals surface area contributed by atoms with Crippen molar-refractivity contribution in [2.45, 2.75) is 58.7 Å². The molecule has 0 spiro atoms. The molecule has 38 heavy (non-hydrogen) atoms. The topological polar surface area (TPSA) is 67.9 Å². The lowest BCUT2D eigenvalue weighted by Crippen LogP contribution is -2.53. The van der Waals surface area contributed by atoms with Crippen LogP contribution in [0.25, 0.3) is 0 Å². The van der Waals surface area contributed by atoms with Gasteiger partial charge in [0.1, 0.15) is 17.5 Å². The van der Waals surface area contributed by atoms with Crippen LogP contribution in [0.1, 0.15) is 43.9 Å². The third kappa shape index (κ3) is 8.35. The van der Waals surface area contributed by atoms with E-state index in [2.05, 4.69) is 28.2 Å². The molecule has 2 amide bonds. The molecular formula is C31H37BrN2O4. The number of carbonyl (C=O) groups is 2. The van der Waals surface area contributed by atoms with E-state index in [0.29, 0.717) is 17.9 Å². The Morgan fingerprint density at radius 2 is 1.68 bits per heavy atom. The largest absolute Gasteiger partial charge is 0.497 e. The van der Waals surface area contributed by atoms with Gasteiger partial charge in [0.25, 0.3) is 5.91 Å². The Labute approximate surface area is 234 Å². The summed E-state index contributed by atoms with van der Waals surface area (Å²) in [5.41, 5.74) is 3.00. The number of carbonyl (C=O) groups excluding carboxylic acids is 2. The molecule has 0 bridgehead atoms. The van der Waals surface area contributed by atoms with Gasteiger partial charge in [-0.3, -0.25) is 9.59 Å². The number of nitrogens with one attached hydrogen (secondary N) is 1. The number of amides is 2. The number of methoxy groups -OCH3 is 1. The Bertz CT molecular complexity index is 1200. The zero-order valence-corrected chi connectivity index (χ0v) is 24.2. The lowest BCUT2D eigenvalue weighted by molar-refractivity contribution is -0.143. The number of rotatable bonds is 13. The molecule has 202 valence electrons. The molecular weight excluding hydrogens is 544 g/mol. The SMILES string of the molecule is CCc1ccc(OCC(=O)N(Cc2cccc(OC)c2)[C@@H](Cc2ccccc2)C(=O)N[C@H](C)CC)c(Br)c1. The van der Waals surface area contributed by atoms with E-state index in [-0.39, 0.29) is 31.0 Å². The average molecular weight is 582 g/mol. The van der Waals surface area contributed by atoms with Crippen LogP contribution < -0.4 is 14.8 Å². The van der Waals surface area contributed by atoms with Gasteiger partial charge in [-0.2, -0.15) is 0 Å². The summed E-state index contributed by atoms with van der Waals surface area (Å²) in [6.45, 7) is 6.11. The first-order valence-corrected chi connectivity index (χ1v) is 13.8. The number of halogens is 1. The van der Waals surface area contributed by atoms with Crippen LogP contribution in [-0.2, 0) is 29.0 Å². The maximum atomic E-state index is 13.8. The Morgan fingerprint density at radius 3 is 2.34 bits per heavy atom. The van der Waals surface area contributed by atoms with Crippen LogP contribution in [0.4, 0.5) is 0 Å². The molecule has 0 heterocycles. The molecule has 1 N–H and O–H groups in total. The zero-order chi connectivity index (χ0) is 27.5. The number of hydrogen-bond donors (Lipinski definition) is 1. The molecule has 0 saturated heterocycles. The first-order valence-electron chi connectivity index (χ1n) is 13.0. The minimum atomic E-state index is -0.723. The van der Waals surface area contributed by atoms with Crippen molar-refractivity contribution in [2.75, 3.05) is 13.7 Å². The molecule has 0 aliphatic rings. The molecule has 0 radical (unpaired) electrons. The molecule has 7 heteroatoms. The molecule has 0 unspecified atom stereocenters. The summed E-state index contributed by atoms with van der Waals surface area (Å²) in [6, 6.07) is 22.4. The number of ether oxygens (including phenoxy) is 2. The smallest absolute Gasteiger partial charge is 0.261 e. The summed E-state index contributed by atoms with van der Waals surface area (Å²) in [7, 11) is 1.61. The summed E-state index contributed by atoms with van der Waals surface area (Å²) in [5, 5.41) is 3.08. The van der Waals surface area contributed by atoms with Gasteiger partial charge in [-0.25, -0.2) is 0 Å². The number of aryl methyl sites for hydroxylation is 1. The summed E-state index contributed by atoms with van der Waals surface area (Å²) in [5.74, 6) is 0.808. The minimum absolute atomic E-state index is 0.0150. The maximum Gasteiger partial charge on any atom is 0.261 e. The predicted molar refractivity (Wildman–Crippen MR) is 154 cm³/mol. The molecule has 0 aromatic heterocycles. The van der Waals surface area contributed by atoms with Crippen LogP contribution in [0.15, 0.2) is 77.3 Å². The van der Waals surface area contributed by atoms with Gasteiger partial charge in [0.2, 0.25) is 5.91 Å². The van der Waals surface area contributed by atoms with Gasteiger partial charge in [0.05, 0.1) is 11.6 Å². The van der Waals surface area contributed by atoms with Gasteiger partial charge in [0, 0.05) is 19.0 Å². The van der Waals surface area contributed by atoms with Crippen molar-refractivity contribution in [1.82, 2.24) is 10.2 Å². The van der Waals surface area contributed by atoms with Crippen LogP contribution in [0.2, 0.25) is 0 Å². The lowest BCUT2D eigenvalue weighted by atomic mass is 10.0. The molecule has 0 saturated carbocycles. The van der Waals surface area contributed by atoms with E-state index in [1.165, 1.54) is 5.56 Å². The van der Waals surface area contributed by atoms with E-state index in [9.17, 15) is 9.59 Å². The summed E-state index contributed by atoms with van der Waals surface area (Å²) < 4.78 is 12.1. The second kappa shape index (κ2) is 14.6. The first kappa shape index (κ1) is 29.2. The fraction of sp³-hybridized carbons (Fsp3) is 0.355. The van der Waals surface area contributed by atoms with Gasteiger partial charge in [-0.1, -0.05) is 62.4 Å². The van der Waals surface area contributed by atoms with E-state index >= 15 is 0 Å². The molecule has 0 aliphatic heterocycles. The standard InChI is InChI=1S/C31H37BrN2O4/c1-5-22(3)33-31(36)28(19-24-11-8-7-9-12-24)34(20-25-13-10-14-26(17-25)37-4)30(35)21-38-29-16-15-23(6-2)18-27(29)32/h7-18,22,28H,5-6,19-21H2,1-4H3,(H,33,36)/t22-,28+/m1/s1. The quantitative estimate of drug-likeness (QED) is 0.271. The third-order valence-corrected chi connectivity index (χ3v) is 7.13. The molecule has 2 atom stereocenters. The number of hydrogen-bond acceptors (Lipinski definition) is 4. The van der Waals surface area contributed by atoms with Crippen molar-refractivity contribution in [1.29, 1.82) is 0 Å². The molecule has 0 aliphatic carbocycles. The van der Waals surface area contributed by atoms with Crippen molar-refractivity contribution in [3.63, 3.8) is 0 Å². The molecule has 3 aromatic carbocycles. The van der Waals surface area contributed by atoms with Crippen molar-refractivity contribution in [3.8, 4) is 11.5 Å². The van der Waals surface area contributed by atoms with Crippen molar-refractivity contribution >= 4 is 27.7 Å². The van der Waals surface area contributed by atoms with Gasteiger partial charge in [0.15, 0.2) is 6.61 Å². The maximum absolute atomic E-state index is 13.8. The van der Waals surface area contributed by atoms with E-state index in [1.807, 2.05) is 86.6 Å². The Morgan fingerprint density at radius 1 is 0.947 bits per heavy atom. The van der Waals surface area contributed by atoms with Crippen LogP contribution in [0, 0.1) is 0 Å². The van der Waals surface area contributed by atoms with Gasteiger partial charge >= 0.3 is 0 Å².